The monoisotopic (exact) mass is 269 g/mol. The second kappa shape index (κ2) is 3.85. The third-order valence-corrected chi connectivity index (χ3v) is 3.03. The maximum Gasteiger partial charge on any atom is 0.414 e. The molecule has 3 nitrogen and oxygen atoms in total. The molecule has 0 spiro atoms. The van der Waals surface area contributed by atoms with Crippen molar-refractivity contribution in [1.29, 1.82) is 0 Å². The summed E-state index contributed by atoms with van der Waals surface area (Å²) in [4.78, 5) is 13.1. The second-order valence-electron chi connectivity index (χ2n) is 3.68. The van der Waals surface area contributed by atoms with Crippen LogP contribution in [0.5, 0.6) is 0 Å². The molecular formula is C11H12BrNO2. The lowest BCUT2D eigenvalue weighted by atomic mass is 10.1. The molecule has 1 aliphatic rings. The fourth-order valence-corrected chi connectivity index (χ4v) is 2.73. The van der Waals surface area contributed by atoms with E-state index in [1.54, 1.807) is 4.90 Å². The summed E-state index contributed by atoms with van der Waals surface area (Å²) in [5.74, 6) is 0. The van der Waals surface area contributed by atoms with Gasteiger partial charge in [-0.1, -0.05) is 6.07 Å². The Labute approximate surface area is 97.2 Å². The van der Waals surface area contributed by atoms with Crippen LogP contribution in [0.1, 0.15) is 11.1 Å². The van der Waals surface area contributed by atoms with Crippen molar-refractivity contribution >= 4 is 27.7 Å². The van der Waals surface area contributed by atoms with E-state index in [-0.39, 0.29) is 6.09 Å². The number of hydrogen-bond acceptors (Lipinski definition) is 2. The summed E-state index contributed by atoms with van der Waals surface area (Å²) in [5, 5.41) is 0. The smallest absolute Gasteiger partial charge is 0.414 e. The van der Waals surface area contributed by atoms with Crippen LogP contribution < -0.4 is 4.90 Å². The molecule has 0 saturated carbocycles. The molecule has 1 saturated heterocycles. The van der Waals surface area contributed by atoms with E-state index >= 15 is 0 Å². The van der Waals surface area contributed by atoms with Crippen LogP contribution in [-0.4, -0.2) is 19.2 Å². The molecule has 1 amide bonds. The molecule has 2 rings (SSSR count). The zero-order valence-corrected chi connectivity index (χ0v) is 10.3. The summed E-state index contributed by atoms with van der Waals surface area (Å²) < 4.78 is 5.87. The van der Waals surface area contributed by atoms with Crippen LogP contribution in [0.15, 0.2) is 16.6 Å². The van der Waals surface area contributed by atoms with Gasteiger partial charge in [-0.15, -0.1) is 0 Å². The Morgan fingerprint density at radius 2 is 2.13 bits per heavy atom. The molecule has 0 unspecified atom stereocenters. The Morgan fingerprint density at radius 3 is 2.67 bits per heavy atom. The van der Waals surface area contributed by atoms with Gasteiger partial charge >= 0.3 is 6.09 Å². The average Bonchev–Trinajstić information content (AvgIpc) is 2.50. The number of hydrogen-bond donors (Lipinski definition) is 0. The van der Waals surface area contributed by atoms with Crippen molar-refractivity contribution in [2.45, 2.75) is 13.8 Å². The highest BCUT2D eigenvalue weighted by molar-refractivity contribution is 9.10. The highest BCUT2D eigenvalue weighted by Gasteiger charge is 2.26. The molecule has 15 heavy (non-hydrogen) atoms. The molecule has 1 heterocycles. The quantitative estimate of drug-likeness (QED) is 0.785. The molecule has 0 aliphatic carbocycles. The maximum absolute atomic E-state index is 11.4. The van der Waals surface area contributed by atoms with Crippen LogP contribution in [0.4, 0.5) is 10.5 Å². The van der Waals surface area contributed by atoms with Crippen LogP contribution in [-0.2, 0) is 4.74 Å². The minimum atomic E-state index is -0.261. The van der Waals surface area contributed by atoms with E-state index in [1.807, 2.05) is 19.9 Å². The molecule has 0 bridgehead atoms. The highest BCUT2D eigenvalue weighted by atomic mass is 79.9. The molecule has 1 aromatic rings. The molecule has 80 valence electrons. The third-order valence-electron chi connectivity index (χ3n) is 2.43. The van der Waals surface area contributed by atoms with Gasteiger partial charge in [0.15, 0.2) is 0 Å². The predicted octanol–water partition coefficient (Wildman–Crippen LogP) is 3.02. The highest BCUT2D eigenvalue weighted by Crippen LogP contribution is 2.32. The SMILES string of the molecule is Cc1cc(C)c(N2CCOC2=O)c(Br)c1. The fraction of sp³-hybridized carbons (Fsp3) is 0.364. The summed E-state index contributed by atoms with van der Waals surface area (Å²) in [6.07, 6.45) is -0.261. The van der Waals surface area contributed by atoms with Crippen molar-refractivity contribution in [3.63, 3.8) is 0 Å². The lowest BCUT2D eigenvalue weighted by Gasteiger charge is -2.18. The van der Waals surface area contributed by atoms with Crippen molar-refractivity contribution in [3.05, 3.63) is 27.7 Å². The number of benzene rings is 1. The van der Waals surface area contributed by atoms with E-state index in [0.717, 1.165) is 15.7 Å². The number of ether oxygens (including phenoxy) is 1. The average molecular weight is 270 g/mol. The first-order chi connectivity index (χ1) is 7.09. The van der Waals surface area contributed by atoms with E-state index in [1.165, 1.54) is 5.56 Å². The minimum absolute atomic E-state index is 0.261. The predicted molar refractivity (Wildman–Crippen MR) is 62.3 cm³/mol. The van der Waals surface area contributed by atoms with Crippen molar-refractivity contribution < 1.29 is 9.53 Å². The van der Waals surface area contributed by atoms with E-state index in [2.05, 4.69) is 22.0 Å². The molecule has 0 radical (unpaired) electrons. The van der Waals surface area contributed by atoms with Crippen molar-refractivity contribution in [1.82, 2.24) is 0 Å². The van der Waals surface area contributed by atoms with E-state index in [0.29, 0.717) is 13.2 Å². The van der Waals surface area contributed by atoms with Gasteiger partial charge in [-0.05, 0) is 47.0 Å². The number of cyclic esters (lactones) is 1. The topological polar surface area (TPSA) is 29.5 Å². The van der Waals surface area contributed by atoms with Crippen LogP contribution in [0, 0.1) is 13.8 Å². The van der Waals surface area contributed by atoms with Gasteiger partial charge in [-0.25, -0.2) is 4.79 Å². The molecular weight excluding hydrogens is 258 g/mol. The van der Waals surface area contributed by atoms with Crippen LogP contribution in [0.2, 0.25) is 0 Å². The van der Waals surface area contributed by atoms with Gasteiger partial charge in [0.1, 0.15) is 6.61 Å². The Kier molecular flexibility index (Phi) is 2.69. The molecule has 1 aromatic carbocycles. The van der Waals surface area contributed by atoms with Crippen LogP contribution in [0.25, 0.3) is 0 Å². The molecule has 0 aromatic heterocycles. The van der Waals surface area contributed by atoms with Crippen molar-refractivity contribution in [2.75, 3.05) is 18.1 Å². The Hall–Kier alpha value is -1.03. The molecule has 1 aliphatic heterocycles. The molecule has 4 heteroatoms. The largest absolute Gasteiger partial charge is 0.447 e. The Balaban J connectivity index is 2.47. The Bertz CT molecular complexity index is 394. The van der Waals surface area contributed by atoms with E-state index < -0.39 is 0 Å². The summed E-state index contributed by atoms with van der Waals surface area (Å²) in [5.41, 5.74) is 3.18. The number of carbonyl (C=O) groups excluding carboxylic acids is 1. The minimum Gasteiger partial charge on any atom is -0.447 e. The standard InChI is InChI=1S/C11H12BrNO2/c1-7-5-8(2)10(9(12)6-7)13-3-4-15-11(13)14/h5-6H,3-4H2,1-2H3. The lowest BCUT2D eigenvalue weighted by Crippen LogP contribution is -2.24. The number of anilines is 1. The fourth-order valence-electron chi connectivity index (χ4n) is 1.85. The van der Waals surface area contributed by atoms with Crippen LogP contribution >= 0.6 is 15.9 Å². The molecule has 0 atom stereocenters. The number of amides is 1. The van der Waals surface area contributed by atoms with Gasteiger partial charge in [0.05, 0.1) is 12.2 Å². The summed E-state index contributed by atoms with van der Waals surface area (Å²) >= 11 is 3.49. The summed E-state index contributed by atoms with van der Waals surface area (Å²) in [6.45, 7) is 5.13. The van der Waals surface area contributed by atoms with E-state index in [4.69, 9.17) is 4.74 Å². The first-order valence-corrected chi connectivity index (χ1v) is 5.60. The number of carbonyl (C=O) groups is 1. The van der Waals surface area contributed by atoms with Crippen molar-refractivity contribution in [3.8, 4) is 0 Å². The number of nitrogens with zero attached hydrogens (tertiary/aromatic N) is 1. The van der Waals surface area contributed by atoms with Gasteiger partial charge in [-0.2, -0.15) is 0 Å². The van der Waals surface area contributed by atoms with Gasteiger partial charge in [-0.3, -0.25) is 4.90 Å². The van der Waals surface area contributed by atoms with Gasteiger partial charge in [0.25, 0.3) is 0 Å². The first kappa shape index (κ1) is 10.5. The zero-order valence-electron chi connectivity index (χ0n) is 8.71. The van der Waals surface area contributed by atoms with Crippen molar-refractivity contribution in [2.24, 2.45) is 0 Å². The Morgan fingerprint density at radius 1 is 1.40 bits per heavy atom. The molecule has 0 N–H and O–H groups in total. The summed E-state index contributed by atoms with van der Waals surface area (Å²) in [6, 6.07) is 4.07. The normalized spacial score (nSPS) is 15.7. The zero-order chi connectivity index (χ0) is 11.0. The number of halogens is 1. The molecule has 1 fully saturated rings. The maximum atomic E-state index is 11.4. The second-order valence-corrected chi connectivity index (χ2v) is 4.53. The summed E-state index contributed by atoms with van der Waals surface area (Å²) in [7, 11) is 0. The number of aryl methyl sites for hydroxylation is 2. The lowest BCUT2D eigenvalue weighted by molar-refractivity contribution is 0.181. The first-order valence-electron chi connectivity index (χ1n) is 4.80. The van der Waals surface area contributed by atoms with Gasteiger partial charge in [0.2, 0.25) is 0 Å². The number of rotatable bonds is 1. The van der Waals surface area contributed by atoms with Gasteiger partial charge < -0.3 is 4.74 Å². The van der Waals surface area contributed by atoms with E-state index in [9.17, 15) is 4.79 Å². The van der Waals surface area contributed by atoms with Gasteiger partial charge in [0, 0.05) is 4.47 Å². The third kappa shape index (κ3) is 1.86. The van der Waals surface area contributed by atoms with Crippen LogP contribution in [0.3, 0.4) is 0 Å².